The third-order valence-electron chi connectivity index (χ3n) is 3.31. The third-order valence-corrected chi connectivity index (χ3v) is 3.31. The summed E-state index contributed by atoms with van der Waals surface area (Å²) in [6.45, 7) is 5.61. The highest BCUT2D eigenvalue weighted by atomic mass is 16.5. The Morgan fingerprint density at radius 1 is 1.31 bits per heavy atom. The molecule has 1 saturated heterocycles. The number of hydrogen-bond donors (Lipinski definition) is 1. The Morgan fingerprint density at radius 3 is 2.44 bits per heavy atom. The molecule has 2 rings (SSSR count). The number of nitrogens with one attached hydrogen (secondary N) is 1. The molecule has 88 valence electrons. The molecule has 0 unspecified atom stereocenters. The zero-order valence-electron chi connectivity index (χ0n) is 10.4. The highest BCUT2D eigenvalue weighted by molar-refractivity contribution is 5.48. The Hall–Kier alpha value is -1.06. The van der Waals surface area contributed by atoms with Gasteiger partial charge in [0, 0.05) is 5.56 Å². The Kier molecular flexibility index (Phi) is 2.91. The van der Waals surface area contributed by atoms with E-state index in [-0.39, 0.29) is 5.54 Å². The van der Waals surface area contributed by atoms with Crippen LogP contribution in [0.3, 0.4) is 0 Å². The van der Waals surface area contributed by atoms with Crippen molar-refractivity contribution in [2.45, 2.75) is 19.4 Å². The molecule has 1 fully saturated rings. The smallest absolute Gasteiger partial charge is 0.127 e. The van der Waals surface area contributed by atoms with Gasteiger partial charge in [-0.15, -0.1) is 0 Å². The molecular formula is C13H19NO2. The van der Waals surface area contributed by atoms with Crippen molar-refractivity contribution in [2.75, 3.05) is 27.4 Å². The van der Waals surface area contributed by atoms with E-state index in [1.54, 1.807) is 7.11 Å². The van der Waals surface area contributed by atoms with Gasteiger partial charge in [-0.2, -0.15) is 0 Å². The van der Waals surface area contributed by atoms with Crippen LogP contribution in [0.2, 0.25) is 0 Å². The first-order chi connectivity index (χ1) is 7.63. The molecule has 1 aromatic carbocycles. The molecule has 3 nitrogen and oxygen atoms in total. The molecule has 1 aliphatic heterocycles. The maximum atomic E-state index is 5.52. The van der Waals surface area contributed by atoms with Crippen molar-refractivity contribution >= 4 is 0 Å². The molecule has 3 heteroatoms. The Morgan fingerprint density at radius 2 is 2.00 bits per heavy atom. The van der Waals surface area contributed by atoms with Crippen LogP contribution in [-0.4, -0.2) is 27.4 Å². The van der Waals surface area contributed by atoms with Crippen LogP contribution < -0.4 is 10.1 Å². The van der Waals surface area contributed by atoms with E-state index in [9.17, 15) is 0 Å². The Balaban J connectivity index is 2.53. The van der Waals surface area contributed by atoms with E-state index in [0.717, 1.165) is 5.75 Å². The van der Waals surface area contributed by atoms with Gasteiger partial charge in [0.25, 0.3) is 0 Å². The van der Waals surface area contributed by atoms with Crippen molar-refractivity contribution in [2.24, 2.45) is 0 Å². The predicted molar refractivity (Wildman–Crippen MR) is 64.0 cm³/mol. The van der Waals surface area contributed by atoms with Crippen LogP contribution in [0.5, 0.6) is 5.75 Å². The highest BCUT2D eigenvalue weighted by Gasteiger charge is 2.41. The lowest BCUT2D eigenvalue weighted by Gasteiger charge is -2.42. The van der Waals surface area contributed by atoms with Crippen LogP contribution in [0.25, 0.3) is 0 Å². The Labute approximate surface area is 96.8 Å². The van der Waals surface area contributed by atoms with E-state index in [2.05, 4.69) is 31.3 Å². The molecule has 1 aromatic rings. The van der Waals surface area contributed by atoms with E-state index >= 15 is 0 Å². The van der Waals surface area contributed by atoms with Crippen LogP contribution in [-0.2, 0) is 10.3 Å². The summed E-state index contributed by atoms with van der Waals surface area (Å²) < 4.78 is 10.9. The number of hydrogen-bond acceptors (Lipinski definition) is 3. The third kappa shape index (κ3) is 1.60. The summed E-state index contributed by atoms with van der Waals surface area (Å²) in [6, 6.07) is 4.33. The molecule has 0 amide bonds. The Bertz CT molecular complexity index is 392. The molecule has 0 radical (unpaired) electrons. The van der Waals surface area contributed by atoms with Gasteiger partial charge in [-0.05, 0) is 26.5 Å². The molecule has 0 saturated carbocycles. The van der Waals surface area contributed by atoms with Gasteiger partial charge in [0.05, 0.1) is 25.9 Å². The van der Waals surface area contributed by atoms with E-state index < -0.39 is 0 Å². The fraction of sp³-hybridized carbons (Fsp3) is 0.538. The van der Waals surface area contributed by atoms with Crippen LogP contribution in [0.1, 0.15) is 16.7 Å². The SMILES string of the molecule is CNC1(c2cc(C)cc(C)c2OC)COC1. The normalized spacial score (nSPS) is 18.0. The first kappa shape index (κ1) is 11.4. The zero-order chi connectivity index (χ0) is 11.8. The second-order valence-corrected chi connectivity index (χ2v) is 4.49. The molecule has 0 aromatic heterocycles. The number of methoxy groups -OCH3 is 1. The van der Waals surface area contributed by atoms with Crippen molar-refractivity contribution in [1.82, 2.24) is 5.32 Å². The monoisotopic (exact) mass is 221 g/mol. The average molecular weight is 221 g/mol. The van der Waals surface area contributed by atoms with Gasteiger partial charge in [0.1, 0.15) is 5.75 Å². The predicted octanol–water partition coefficient (Wildman–Crippen LogP) is 1.76. The van der Waals surface area contributed by atoms with E-state index in [4.69, 9.17) is 9.47 Å². The van der Waals surface area contributed by atoms with Gasteiger partial charge in [-0.1, -0.05) is 17.7 Å². The lowest BCUT2D eigenvalue weighted by atomic mass is 9.85. The fourth-order valence-corrected chi connectivity index (χ4v) is 2.32. The summed E-state index contributed by atoms with van der Waals surface area (Å²) in [5.74, 6) is 0.975. The van der Waals surface area contributed by atoms with E-state index in [1.807, 2.05) is 7.05 Å². The van der Waals surface area contributed by atoms with Gasteiger partial charge in [-0.3, -0.25) is 0 Å². The minimum absolute atomic E-state index is 0.0673. The van der Waals surface area contributed by atoms with Crippen LogP contribution in [0.4, 0.5) is 0 Å². The van der Waals surface area contributed by atoms with Crippen molar-refractivity contribution in [3.63, 3.8) is 0 Å². The summed E-state index contributed by atoms with van der Waals surface area (Å²) in [5.41, 5.74) is 3.58. The van der Waals surface area contributed by atoms with Gasteiger partial charge in [-0.25, -0.2) is 0 Å². The molecule has 1 N–H and O–H groups in total. The van der Waals surface area contributed by atoms with Crippen molar-refractivity contribution in [3.05, 3.63) is 28.8 Å². The molecule has 0 atom stereocenters. The summed E-state index contributed by atoms with van der Waals surface area (Å²) in [5, 5.41) is 3.36. The lowest BCUT2D eigenvalue weighted by molar-refractivity contribution is -0.0757. The number of aryl methyl sites for hydroxylation is 2. The number of ether oxygens (including phenoxy) is 2. The van der Waals surface area contributed by atoms with Gasteiger partial charge < -0.3 is 14.8 Å². The maximum absolute atomic E-state index is 5.52. The van der Waals surface area contributed by atoms with Gasteiger partial charge >= 0.3 is 0 Å². The van der Waals surface area contributed by atoms with Crippen LogP contribution in [0.15, 0.2) is 12.1 Å². The molecule has 16 heavy (non-hydrogen) atoms. The molecule has 0 aliphatic carbocycles. The average Bonchev–Trinajstić information content (AvgIpc) is 2.16. The van der Waals surface area contributed by atoms with Gasteiger partial charge in [0.15, 0.2) is 0 Å². The summed E-state index contributed by atoms with van der Waals surface area (Å²) >= 11 is 0. The fourth-order valence-electron chi connectivity index (χ4n) is 2.32. The maximum Gasteiger partial charge on any atom is 0.127 e. The summed E-state index contributed by atoms with van der Waals surface area (Å²) in [7, 11) is 3.70. The molecular weight excluding hydrogens is 202 g/mol. The highest BCUT2D eigenvalue weighted by Crippen LogP contribution is 2.38. The minimum atomic E-state index is -0.0673. The molecule has 0 spiro atoms. The number of likely N-dealkylation sites (N-methyl/N-ethyl adjacent to an activating group) is 1. The zero-order valence-corrected chi connectivity index (χ0v) is 10.4. The van der Waals surface area contributed by atoms with Crippen molar-refractivity contribution < 1.29 is 9.47 Å². The lowest BCUT2D eigenvalue weighted by Crippen LogP contribution is -2.56. The van der Waals surface area contributed by atoms with E-state index in [0.29, 0.717) is 13.2 Å². The topological polar surface area (TPSA) is 30.5 Å². The quantitative estimate of drug-likeness (QED) is 0.843. The minimum Gasteiger partial charge on any atom is -0.496 e. The second kappa shape index (κ2) is 4.07. The second-order valence-electron chi connectivity index (χ2n) is 4.49. The first-order valence-corrected chi connectivity index (χ1v) is 5.55. The summed E-state index contributed by atoms with van der Waals surface area (Å²) in [4.78, 5) is 0. The van der Waals surface area contributed by atoms with Gasteiger partial charge in [0.2, 0.25) is 0 Å². The molecule has 1 aliphatic rings. The standard InChI is InChI=1S/C13H19NO2/c1-9-5-10(2)12(15-4)11(6-9)13(14-3)7-16-8-13/h5-6,14H,7-8H2,1-4H3. The first-order valence-electron chi connectivity index (χ1n) is 5.55. The largest absolute Gasteiger partial charge is 0.496 e. The van der Waals surface area contributed by atoms with Crippen molar-refractivity contribution in [3.8, 4) is 5.75 Å². The molecule has 1 heterocycles. The number of rotatable bonds is 3. The number of benzene rings is 1. The van der Waals surface area contributed by atoms with Crippen LogP contribution >= 0.6 is 0 Å². The van der Waals surface area contributed by atoms with E-state index in [1.165, 1.54) is 16.7 Å². The van der Waals surface area contributed by atoms with Crippen LogP contribution in [0, 0.1) is 13.8 Å². The summed E-state index contributed by atoms with van der Waals surface area (Å²) in [6.07, 6.45) is 0. The molecule has 0 bridgehead atoms. The van der Waals surface area contributed by atoms with Crippen molar-refractivity contribution in [1.29, 1.82) is 0 Å².